The first kappa shape index (κ1) is 22.9. The van der Waals surface area contributed by atoms with Crippen LogP contribution in [-0.4, -0.2) is 36.6 Å². The smallest absolute Gasteiger partial charge is 0.337 e. The van der Waals surface area contributed by atoms with Crippen LogP contribution in [-0.2, 0) is 16.1 Å². The van der Waals surface area contributed by atoms with Crippen LogP contribution in [0.1, 0.15) is 37.4 Å². The standard InChI is InChI=1S/C24H28N4O4/c1-4-13-28-16(2)20(22(29)32-3)21(27-24(28)31)18-11-8-12-19(14-18)26-23(30)25-15-17-9-6-5-7-10-17/h5-12,14,21H,4,13,15H2,1-3H3,(H,27,31)(H2,25,26,30)/t21-/m1/s1. The molecule has 1 atom stereocenters. The molecule has 1 aliphatic rings. The predicted molar refractivity (Wildman–Crippen MR) is 122 cm³/mol. The van der Waals surface area contributed by atoms with Crippen molar-refractivity contribution in [3.63, 3.8) is 0 Å². The normalized spacial score (nSPS) is 15.8. The van der Waals surface area contributed by atoms with Gasteiger partial charge in [0.2, 0.25) is 0 Å². The van der Waals surface area contributed by atoms with E-state index in [1.807, 2.05) is 37.3 Å². The Balaban J connectivity index is 1.80. The lowest BCUT2D eigenvalue weighted by molar-refractivity contribution is -0.136. The molecule has 0 spiro atoms. The van der Waals surface area contributed by atoms with E-state index in [0.717, 1.165) is 12.0 Å². The minimum atomic E-state index is -0.683. The lowest BCUT2D eigenvalue weighted by Gasteiger charge is -2.35. The molecule has 3 rings (SSSR count). The summed E-state index contributed by atoms with van der Waals surface area (Å²) in [5.74, 6) is -0.507. The molecular weight excluding hydrogens is 408 g/mol. The average Bonchev–Trinajstić information content (AvgIpc) is 2.80. The molecule has 2 aromatic carbocycles. The summed E-state index contributed by atoms with van der Waals surface area (Å²) in [5.41, 5.74) is 3.12. The Bertz CT molecular complexity index is 1020. The van der Waals surface area contributed by atoms with Crippen molar-refractivity contribution in [1.82, 2.24) is 15.5 Å². The molecule has 8 heteroatoms. The quantitative estimate of drug-likeness (QED) is 0.573. The number of methoxy groups -OCH3 is 1. The number of urea groups is 2. The number of carbonyl (C=O) groups is 3. The lowest BCUT2D eigenvalue weighted by Crippen LogP contribution is -2.48. The van der Waals surface area contributed by atoms with Crippen molar-refractivity contribution in [1.29, 1.82) is 0 Å². The van der Waals surface area contributed by atoms with Crippen LogP contribution in [0.4, 0.5) is 15.3 Å². The van der Waals surface area contributed by atoms with Gasteiger partial charge in [-0.15, -0.1) is 0 Å². The summed E-state index contributed by atoms with van der Waals surface area (Å²) < 4.78 is 4.99. The van der Waals surface area contributed by atoms with Crippen LogP contribution in [0.5, 0.6) is 0 Å². The van der Waals surface area contributed by atoms with Crippen LogP contribution in [0.25, 0.3) is 0 Å². The van der Waals surface area contributed by atoms with E-state index in [1.54, 1.807) is 36.1 Å². The number of allylic oxidation sites excluding steroid dienone is 1. The third-order valence-corrected chi connectivity index (χ3v) is 5.22. The maximum atomic E-state index is 12.7. The number of benzene rings is 2. The zero-order valence-electron chi connectivity index (χ0n) is 18.5. The fourth-order valence-corrected chi connectivity index (χ4v) is 3.65. The van der Waals surface area contributed by atoms with Crippen LogP contribution in [0.15, 0.2) is 65.9 Å². The van der Waals surface area contributed by atoms with Gasteiger partial charge in [-0.2, -0.15) is 0 Å². The van der Waals surface area contributed by atoms with Gasteiger partial charge in [0.25, 0.3) is 0 Å². The molecule has 0 aliphatic carbocycles. The Labute approximate surface area is 187 Å². The van der Waals surface area contributed by atoms with E-state index in [0.29, 0.717) is 35.6 Å². The highest BCUT2D eigenvalue weighted by Crippen LogP contribution is 2.32. The monoisotopic (exact) mass is 436 g/mol. The highest BCUT2D eigenvalue weighted by atomic mass is 16.5. The van der Waals surface area contributed by atoms with E-state index < -0.39 is 12.0 Å². The largest absolute Gasteiger partial charge is 0.466 e. The molecule has 0 unspecified atom stereocenters. The number of amides is 4. The Hall–Kier alpha value is -3.81. The van der Waals surface area contributed by atoms with Gasteiger partial charge in [-0.3, -0.25) is 4.90 Å². The molecule has 8 nitrogen and oxygen atoms in total. The first-order valence-electron chi connectivity index (χ1n) is 10.5. The van der Waals surface area contributed by atoms with Gasteiger partial charge in [0.15, 0.2) is 0 Å². The van der Waals surface area contributed by atoms with Gasteiger partial charge in [0.05, 0.1) is 18.7 Å². The Morgan fingerprint density at radius 1 is 1.12 bits per heavy atom. The zero-order chi connectivity index (χ0) is 23.1. The van der Waals surface area contributed by atoms with Crippen LogP contribution < -0.4 is 16.0 Å². The van der Waals surface area contributed by atoms with Crippen molar-refractivity contribution in [2.24, 2.45) is 0 Å². The van der Waals surface area contributed by atoms with Gasteiger partial charge in [-0.05, 0) is 36.6 Å². The van der Waals surface area contributed by atoms with Crippen molar-refractivity contribution in [3.05, 3.63) is 77.0 Å². The van der Waals surface area contributed by atoms with E-state index in [9.17, 15) is 14.4 Å². The number of esters is 1. The Morgan fingerprint density at radius 3 is 2.56 bits per heavy atom. The molecule has 0 fully saturated rings. The first-order valence-corrected chi connectivity index (χ1v) is 10.5. The minimum absolute atomic E-state index is 0.277. The zero-order valence-corrected chi connectivity index (χ0v) is 18.5. The van der Waals surface area contributed by atoms with Crippen LogP contribution in [0.2, 0.25) is 0 Å². The van der Waals surface area contributed by atoms with E-state index >= 15 is 0 Å². The summed E-state index contributed by atoms with van der Waals surface area (Å²) in [6.07, 6.45) is 0.751. The third kappa shape index (κ3) is 5.26. The number of hydrogen-bond acceptors (Lipinski definition) is 4. The van der Waals surface area contributed by atoms with Gasteiger partial charge >= 0.3 is 18.0 Å². The summed E-state index contributed by atoms with van der Waals surface area (Å²) in [5, 5.41) is 8.49. The first-order chi connectivity index (χ1) is 15.4. The van der Waals surface area contributed by atoms with Gasteiger partial charge in [0, 0.05) is 24.5 Å². The highest BCUT2D eigenvalue weighted by molar-refractivity contribution is 5.95. The van der Waals surface area contributed by atoms with Gasteiger partial charge in [-0.1, -0.05) is 49.4 Å². The number of nitrogens with zero attached hydrogens (tertiary/aromatic N) is 1. The van der Waals surface area contributed by atoms with E-state index in [-0.39, 0.29) is 12.1 Å². The topological polar surface area (TPSA) is 99.8 Å². The second-order valence-electron chi connectivity index (χ2n) is 7.44. The summed E-state index contributed by atoms with van der Waals surface area (Å²) in [6.45, 7) is 4.59. The molecule has 0 aromatic heterocycles. The maximum Gasteiger partial charge on any atom is 0.337 e. The van der Waals surface area contributed by atoms with Gasteiger partial charge < -0.3 is 20.7 Å². The molecular formula is C24H28N4O4. The summed E-state index contributed by atoms with van der Waals surface area (Å²) in [6, 6.07) is 15.3. The fourth-order valence-electron chi connectivity index (χ4n) is 3.65. The molecule has 0 bridgehead atoms. The molecule has 0 radical (unpaired) electrons. The van der Waals surface area contributed by atoms with Gasteiger partial charge in [-0.25, -0.2) is 14.4 Å². The third-order valence-electron chi connectivity index (χ3n) is 5.22. The number of ether oxygens (including phenoxy) is 1. The maximum absolute atomic E-state index is 12.7. The molecule has 32 heavy (non-hydrogen) atoms. The minimum Gasteiger partial charge on any atom is -0.466 e. The van der Waals surface area contributed by atoms with E-state index in [1.165, 1.54) is 7.11 Å². The molecule has 3 N–H and O–H groups in total. The number of hydrogen-bond donors (Lipinski definition) is 3. The molecule has 1 aliphatic heterocycles. The molecule has 0 saturated heterocycles. The van der Waals surface area contributed by atoms with Crippen molar-refractivity contribution in [2.45, 2.75) is 32.9 Å². The SMILES string of the molecule is CCCN1C(=O)N[C@H](c2cccc(NC(=O)NCc3ccccc3)c2)C(C(=O)OC)=C1C. The number of carbonyl (C=O) groups excluding carboxylic acids is 3. The van der Waals surface area contributed by atoms with E-state index in [2.05, 4.69) is 16.0 Å². The molecule has 0 saturated carbocycles. The second-order valence-corrected chi connectivity index (χ2v) is 7.44. The average molecular weight is 437 g/mol. The molecule has 1 heterocycles. The number of rotatable bonds is 7. The molecule has 168 valence electrons. The Morgan fingerprint density at radius 2 is 1.88 bits per heavy atom. The van der Waals surface area contributed by atoms with Crippen molar-refractivity contribution < 1.29 is 19.1 Å². The van der Waals surface area contributed by atoms with Crippen molar-refractivity contribution >= 4 is 23.7 Å². The highest BCUT2D eigenvalue weighted by Gasteiger charge is 2.35. The molecule has 4 amide bonds. The van der Waals surface area contributed by atoms with Gasteiger partial charge in [0.1, 0.15) is 0 Å². The predicted octanol–water partition coefficient (Wildman–Crippen LogP) is 3.93. The van der Waals surface area contributed by atoms with Crippen LogP contribution >= 0.6 is 0 Å². The van der Waals surface area contributed by atoms with Crippen LogP contribution in [0.3, 0.4) is 0 Å². The van der Waals surface area contributed by atoms with Crippen LogP contribution in [0, 0.1) is 0 Å². The van der Waals surface area contributed by atoms with Crippen molar-refractivity contribution in [2.75, 3.05) is 19.0 Å². The molecule has 2 aromatic rings. The summed E-state index contributed by atoms with van der Waals surface area (Å²) in [4.78, 5) is 39.1. The van der Waals surface area contributed by atoms with E-state index in [4.69, 9.17) is 4.74 Å². The number of anilines is 1. The van der Waals surface area contributed by atoms with Crippen molar-refractivity contribution in [3.8, 4) is 0 Å². The lowest BCUT2D eigenvalue weighted by atomic mass is 9.94. The summed E-state index contributed by atoms with van der Waals surface area (Å²) >= 11 is 0. The summed E-state index contributed by atoms with van der Waals surface area (Å²) in [7, 11) is 1.31. The fraction of sp³-hybridized carbons (Fsp3) is 0.292. The Kier molecular flexibility index (Phi) is 7.49. The second kappa shape index (κ2) is 10.5. The number of nitrogens with one attached hydrogen (secondary N) is 3.